The van der Waals surface area contributed by atoms with E-state index >= 15 is 0 Å². The number of hydrogen-bond donors (Lipinski definition) is 1. The second kappa shape index (κ2) is 5.53. The zero-order chi connectivity index (χ0) is 13.2. The third kappa shape index (κ3) is 2.50. The lowest BCUT2D eigenvalue weighted by Crippen LogP contribution is -2.01. The van der Waals surface area contributed by atoms with E-state index in [9.17, 15) is 0 Å². The topological polar surface area (TPSA) is 30.5 Å². The van der Waals surface area contributed by atoms with Crippen LogP contribution in [0.25, 0.3) is 10.4 Å². The fourth-order valence-electron chi connectivity index (χ4n) is 2.09. The van der Waals surface area contributed by atoms with Gasteiger partial charge in [0.1, 0.15) is 10.4 Å². The molecular formula is C14H14BrNO2S. The predicted molar refractivity (Wildman–Crippen MR) is 82.2 cm³/mol. The monoisotopic (exact) mass is 339 g/mol. The number of hydrogen-bond acceptors (Lipinski definition) is 4. The maximum Gasteiger partial charge on any atom is 0.150 e. The minimum Gasteiger partial charge on any atom is -0.489 e. The van der Waals surface area contributed by atoms with Gasteiger partial charge in [-0.05, 0) is 33.6 Å². The summed E-state index contributed by atoms with van der Waals surface area (Å²) < 4.78 is 12.4. The van der Waals surface area contributed by atoms with Crippen molar-refractivity contribution in [3.8, 4) is 16.2 Å². The van der Waals surface area contributed by atoms with E-state index in [1.54, 1.807) is 11.3 Å². The molecule has 2 heterocycles. The number of thiophene rings is 1. The first-order valence-electron chi connectivity index (χ1n) is 6.09. The zero-order valence-electron chi connectivity index (χ0n) is 10.5. The van der Waals surface area contributed by atoms with Gasteiger partial charge in [0.05, 0.1) is 13.2 Å². The standard InChI is InChI=1S/C14H14BrNO2S/c1-16-10-4-2-9(3-5-10)13-11-8-17-6-7-18-12(11)14(15)19-13/h2-5,16H,6-8H2,1H3. The lowest BCUT2D eigenvalue weighted by Gasteiger charge is -2.05. The average Bonchev–Trinajstić information content (AvgIpc) is 2.65. The largest absolute Gasteiger partial charge is 0.489 e. The number of halogens is 1. The van der Waals surface area contributed by atoms with Gasteiger partial charge in [0.2, 0.25) is 0 Å². The number of ether oxygens (including phenoxy) is 2. The van der Waals surface area contributed by atoms with Gasteiger partial charge in [-0.3, -0.25) is 0 Å². The molecule has 0 saturated carbocycles. The van der Waals surface area contributed by atoms with E-state index in [4.69, 9.17) is 9.47 Å². The number of anilines is 1. The van der Waals surface area contributed by atoms with Crippen LogP contribution in [-0.4, -0.2) is 20.3 Å². The van der Waals surface area contributed by atoms with Gasteiger partial charge < -0.3 is 14.8 Å². The smallest absolute Gasteiger partial charge is 0.150 e. The Kier molecular flexibility index (Phi) is 3.77. The molecule has 0 fully saturated rings. The minimum absolute atomic E-state index is 0.612. The van der Waals surface area contributed by atoms with Crippen molar-refractivity contribution in [1.82, 2.24) is 0 Å². The van der Waals surface area contributed by atoms with E-state index in [2.05, 4.69) is 45.5 Å². The highest BCUT2D eigenvalue weighted by Crippen LogP contribution is 2.46. The molecule has 1 aromatic carbocycles. The Balaban J connectivity index is 2.04. The van der Waals surface area contributed by atoms with Crippen LogP contribution in [0.5, 0.6) is 5.75 Å². The molecule has 0 atom stereocenters. The molecule has 1 aliphatic heterocycles. The van der Waals surface area contributed by atoms with E-state index in [1.807, 2.05) is 7.05 Å². The number of fused-ring (bicyclic) bond motifs is 1. The van der Waals surface area contributed by atoms with Crippen LogP contribution >= 0.6 is 27.3 Å². The second-order valence-corrected chi connectivity index (χ2v) is 6.58. The summed E-state index contributed by atoms with van der Waals surface area (Å²) in [5.41, 5.74) is 3.45. The van der Waals surface area contributed by atoms with Gasteiger partial charge in [-0.15, -0.1) is 11.3 Å². The fraction of sp³-hybridized carbons (Fsp3) is 0.286. The van der Waals surface area contributed by atoms with Crippen LogP contribution in [0, 0.1) is 0 Å². The van der Waals surface area contributed by atoms with Crippen LogP contribution in [0.15, 0.2) is 28.1 Å². The van der Waals surface area contributed by atoms with Gasteiger partial charge in [-0.2, -0.15) is 0 Å². The lowest BCUT2D eigenvalue weighted by molar-refractivity contribution is 0.107. The molecule has 1 aromatic heterocycles. The van der Waals surface area contributed by atoms with Crippen molar-refractivity contribution >= 4 is 33.0 Å². The maximum absolute atomic E-state index is 5.75. The van der Waals surface area contributed by atoms with Gasteiger partial charge in [-0.25, -0.2) is 0 Å². The first-order valence-corrected chi connectivity index (χ1v) is 7.70. The number of nitrogens with one attached hydrogen (secondary N) is 1. The van der Waals surface area contributed by atoms with Gasteiger partial charge in [0.15, 0.2) is 5.75 Å². The summed E-state index contributed by atoms with van der Waals surface area (Å²) in [6.45, 7) is 1.87. The molecule has 0 unspecified atom stereocenters. The molecule has 0 bridgehead atoms. The van der Waals surface area contributed by atoms with E-state index in [1.165, 1.54) is 10.4 Å². The van der Waals surface area contributed by atoms with Crippen molar-refractivity contribution in [2.75, 3.05) is 25.6 Å². The third-order valence-corrected chi connectivity index (χ3v) is 4.97. The van der Waals surface area contributed by atoms with Crippen molar-refractivity contribution in [2.24, 2.45) is 0 Å². The van der Waals surface area contributed by atoms with Crippen LogP contribution in [0.3, 0.4) is 0 Å². The summed E-state index contributed by atoms with van der Waals surface area (Å²) in [5, 5.41) is 3.13. The highest BCUT2D eigenvalue weighted by Gasteiger charge is 2.21. The van der Waals surface area contributed by atoms with E-state index in [0.717, 1.165) is 20.8 Å². The van der Waals surface area contributed by atoms with Crippen molar-refractivity contribution in [3.05, 3.63) is 33.6 Å². The second-order valence-electron chi connectivity index (χ2n) is 4.24. The number of benzene rings is 1. The van der Waals surface area contributed by atoms with Crippen LogP contribution < -0.4 is 10.1 Å². The summed E-state index contributed by atoms with van der Waals surface area (Å²) in [7, 11) is 1.92. The van der Waals surface area contributed by atoms with Gasteiger partial charge >= 0.3 is 0 Å². The molecule has 19 heavy (non-hydrogen) atoms. The molecule has 0 radical (unpaired) electrons. The van der Waals surface area contributed by atoms with Crippen LogP contribution in [-0.2, 0) is 11.3 Å². The average molecular weight is 340 g/mol. The Morgan fingerprint density at radius 2 is 2.00 bits per heavy atom. The molecule has 0 amide bonds. The van der Waals surface area contributed by atoms with Gasteiger partial charge in [-0.1, -0.05) is 12.1 Å². The molecule has 0 saturated heterocycles. The van der Waals surface area contributed by atoms with E-state index < -0.39 is 0 Å². The Bertz CT molecular complexity index is 580. The minimum atomic E-state index is 0.612. The molecule has 0 spiro atoms. The molecular weight excluding hydrogens is 326 g/mol. The van der Waals surface area contributed by atoms with Crippen molar-refractivity contribution < 1.29 is 9.47 Å². The number of rotatable bonds is 2. The van der Waals surface area contributed by atoms with Crippen molar-refractivity contribution in [3.63, 3.8) is 0 Å². The Morgan fingerprint density at radius 3 is 2.74 bits per heavy atom. The van der Waals surface area contributed by atoms with Crippen molar-refractivity contribution in [2.45, 2.75) is 6.61 Å². The summed E-state index contributed by atoms with van der Waals surface area (Å²) in [6, 6.07) is 8.39. The quantitative estimate of drug-likeness (QED) is 0.892. The first kappa shape index (κ1) is 13.0. The summed E-state index contributed by atoms with van der Waals surface area (Å²) in [5.74, 6) is 0.940. The molecule has 5 heteroatoms. The summed E-state index contributed by atoms with van der Waals surface area (Å²) >= 11 is 5.29. The predicted octanol–water partition coefficient (Wildman–Crippen LogP) is 4.13. The zero-order valence-corrected chi connectivity index (χ0v) is 12.9. The van der Waals surface area contributed by atoms with Crippen LogP contribution in [0.1, 0.15) is 5.56 Å². The highest BCUT2D eigenvalue weighted by molar-refractivity contribution is 9.11. The summed E-state index contributed by atoms with van der Waals surface area (Å²) in [4.78, 5) is 1.21. The molecule has 3 rings (SSSR count). The van der Waals surface area contributed by atoms with Crippen molar-refractivity contribution in [1.29, 1.82) is 0 Å². The molecule has 2 aromatic rings. The lowest BCUT2D eigenvalue weighted by atomic mass is 10.1. The molecule has 1 aliphatic rings. The van der Waals surface area contributed by atoms with Crippen LogP contribution in [0.4, 0.5) is 5.69 Å². The first-order chi connectivity index (χ1) is 9.29. The van der Waals surface area contributed by atoms with E-state index in [-0.39, 0.29) is 0 Å². The normalized spacial score (nSPS) is 14.4. The maximum atomic E-state index is 5.75. The van der Waals surface area contributed by atoms with Gasteiger partial charge in [0.25, 0.3) is 0 Å². The van der Waals surface area contributed by atoms with Crippen LogP contribution in [0.2, 0.25) is 0 Å². The summed E-state index contributed by atoms with van der Waals surface area (Å²) in [6.07, 6.45) is 0. The Hall–Kier alpha value is -1.04. The molecule has 0 aliphatic carbocycles. The third-order valence-electron chi connectivity index (χ3n) is 3.07. The SMILES string of the molecule is CNc1ccc(-c2sc(Br)c3c2COCCO3)cc1. The highest BCUT2D eigenvalue weighted by atomic mass is 79.9. The van der Waals surface area contributed by atoms with Gasteiger partial charge in [0, 0.05) is 23.2 Å². The molecule has 1 N–H and O–H groups in total. The molecule has 100 valence electrons. The Morgan fingerprint density at radius 1 is 1.21 bits per heavy atom. The molecule has 3 nitrogen and oxygen atoms in total. The fourth-order valence-corrected chi connectivity index (χ4v) is 3.91. The van der Waals surface area contributed by atoms with E-state index in [0.29, 0.717) is 19.8 Å². The Labute approximate surface area is 124 Å².